The van der Waals surface area contributed by atoms with E-state index in [0.717, 1.165) is 25.4 Å². The van der Waals surface area contributed by atoms with Crippen molar-refractivity contribution in [1.82, 2.24) is 10.6 Å². The van der Waals surface area contributed by atoms with Crippen molar-refractivity contribution >= 4 is 5.91 Å². The topological polar surface area (TPSA) is 41.1 Å². The minimum atomic E-state index is 0.0739. The van der Waals surface area contributed by atoms with E-state index in [-0.39, 0.29) is 11.9 Å². The Labute approximate surface area is 105 Å². The Kier molecular flexibility index (Phi) is 4.84. The Bertz CT molecular complexity index is 249. The summed E-state index contributed by atoms with van der Waals surface area (Å²) < 4.78 is 0. The smallest absolute Gasteiger partial charge is 0.237 e. The Balaban J connectivity index is 1.68. The van der Waals surface area contributed by atoms with E-state index in [1.165, 1.54) is 38.5 Å². The van der Waals surface area contributed by atoms with Gasteiger partial charge in [-0.3, -0.25) is 4.79 Å². The van der Waals surface area contributed by atoms with Gasteiger partial charge in [0.25, 0.3) is 0 Å². The predicted octanol–water partition coefficient (Wildman–Crippen LogP) is 2.07. The molecular weight excluding hydrogens is 212 g/mol. The van der Waals surface area contributed by atoms with Crippen LogP contribution >= 0.6 is 0 Å². The number of amides is 1. The molecule has 98 valence electrons. The summed E-state index contributed by atoms with van der Waals surface area (Å²) in [5.74, 6) is 1.78. The minimum absolute atomic E-state index is 0.0739. The first-order valence-electron chi connectivity index (χ1n) is 7.27. The maximum Gasteiger partial charge on any atom is 0.237 e. The van der Waals surface area contributed by atoms with E-state index in [1.54, 1.807) is 0 Å². The zero-order chi connectivity index (χ0) is 12.1. The van der Waals surface area contributed by atoms with E-state index in [2.05, 4.69) is 17.6 Å². The summed E-state index contributed by atoms with van der Waals surface area (Å²) in [7, 11) is 0. The van der Waals surface area contributed by atoms with Gasteiger partial charge in [0.1, 0.15) is 0 Å². The summed E-state index contributed by atoms with van der Waals surface area (Å²) in [6.07, 6.45) is 8.70. The van der Waals surface area contributed by atoms with Crippen molar-refractivity contribution in [3.05, 3.63) is 0 Å². The fourth-order valence-electron chi connectivity index (χ4n) is 3.19. The van der Waals surface area contributed by atoms with Gasteiger partial charge < -0.3 is 10.6 Å². The van der Waals surface area contributed by atoms with Gasteiger partial charge in [-0.15, -0.1) is 0 Å². The summed E-state index contributed by atoms with van der Waals surface area (Å²) in [6.45, 7) is 4.22. The van der Waals surface area contributed by atoms with E-state index in [0.29, 0.717) is 5.92 Å². The SMILES string of the molecule is CC1CCCC(CNC(=O)[C@H]2CCCCN2)C1. The normalized spacial score (nSPS) is 34.3. The molecule has 2 N–H and O–H groups in total. The van der Waals surface area contributed by atoms with Gasteiger partial charge in [-0.1, -0.05) is 26.2 Å². The molecule has 2 fully saturated rings. The van der Waals surface area contributed by atoms with E-state index in [9.17, 15) is 4.79 Å². The van der Waals surface area contributed by atoms with E-state index < -0.39 is 0 Å². The van der Waals surface area contributed by atoms with Crippen molar-refractivity contribution < 1.29 is 4.79 Å². The highest BCUT2D eigenvalue weighted by Gasteiger charge is 2.23. The van der Waals surface area contributed by atoms with E-state index in [1.807, 2.05) is 0 Å². The number of hydrogen-bond acceptors (Lipinski definition) is 2. The molecule has 1 saturated heterocycles. The zero-order valence-corrected chi connectivity index (χ0v) is 11.0. The Morgan fingerprint density at radius 3 is 2.82 bits per heavy atom. The highest BCUT2D eigenvalue weighted by Crippen LogP contribution is 2.27. The third kappa shape index (κ3) is 3.98. The van der Waals surface area contributed by atoms with Crippen LogP contribution in [0.4, 0.5) is 0 Å². The second-order valence-corrected chi connectivity index (χ2v) is 5.89. The number of rotatable bonds is 3. The summed E-state index contributed by atoms with van der Waals surface area (Å²) in [5, 5.41) is 6.44. The lowest BCUT2D eigenvalue weighted by molar-refractivity contribution is -0.123. The third-order valence-corrected chi connectivity index (χ3v) is 4.24. The molecule has 0 aromatic rings. The quantitative estimate of drug-likeness (QED) is 0.790. The lowest BCUT2D eigenvalue weighted by Gasteiger charge is -2.28. The van der Waals surface area contributed by atoms with Gasteiger partial charge in [-0.25, -0.2) is 0 Å². The van der Waals surface area contributed by atoms with E-state index in [4.69, 9.17) is 0 Å². The molecule has 0 aromatic heterocycles. The van der Waals surface area contributed by atoms with Crippen LogP contribution in [0.2, 0.25) is 0 Å². The van der Waals surface area contributed by atoms with Gasteiger partial charge in [0, 0.05) is 6.54 Å². The summed E-state index contributed by atoms with van der Waals surface area (Å²) in [4.78, 5) is 11.9. The van der Waals surface area contributed by atoms with Crippen LogP contribution < -0.4 is 10.6 Å². The van der Waals surface area contributed by atoms with E-state index >= 15 is 0 Å². The van der Waals surface area contributed by atoms with Gasteiger partial charge in [0.2, 0.25) is 5.91 Å². The van der Waals surface area contributed by atoms with Crippen molar-refractivity contribution in [2.45, 2.75) is 57.9 Å². The monoisotopic (exact) mass is 238 g/mol. The van der Waals surface area contributed by atoms with Crippen LogP contribution in [0, 0.1) is 11.8 Å². The van der Waals surface area contributed by atoms with Crippen LogP contribution in [0.3, 0.4) is 0 Å². The predicted molar refractivity (Wildman–Crippen MR) is 69.8 cm³/mol. The molecule has 2 unspecified atom stereocenters. The molecule has 17 heavy (non-hydrogen) atoms. The number of carbonyl (C=O) groups excluding carboxylic acids is 1. The summed E-state index contributed by atoms with van der Waals surface area (Å²) in [6, 6.07) is 0.0739. The Morgan fingerprint density at radius 2 is 2.12 bits per heavy atom. The maximum atomic E-state index is 11.9. The average Bonchev–Trinajstić information content (AvgIpc) is 2.37. The molecule has 1 aliphatic heterocycles. The summed E-state index contributed by atoms with van der Waals surface area (Å²) >= 11 is 0. The number of nitrogens with one attached hydrogen (secondary N) is 2. The average molecular weight is 238 g/mol. The highest BCUT2D eigenvalue weighted by atomic mass is 16.2. The molecule has 3 nitrogen and oxygen atoms in total. The van der Waals surface area contributed by atoms with Crippen LogP contribution in [-0.2, 0) is 4.79 Å². The fraction of sp³-hybridized carbons (Fsp3) is 0.929. The zero-order valence-electron chi connectivity index (χ0n) is 11.0. The molecule has 0 aromatic carbocycles. The number of piperidine rings is 1. The first kappa shape index (κ1) is 12.9. The Hall–Kier alpha value is -0.570. The van der Waals surface area contributed by atoms with Gasteiger partial charge in [-0.05, 0) is 44.1 Å². The van der Waals surface area contributed by atoms with Gasteiger partial charge in [0.05, 0.1) is 6.04 Å². The molecule has 0 radical (unpaired) electrons. The van der Waals surface area contributed by atoms with Gasteiger partial charge in [-0.2, -0.15) is 0 Å². The van der Waals surface area contributed by atoms with Crippen LogP contribution in [-0.4, -0.2) is 25.0 Å². The van der Waals surface area contributed by atoms with Crippen molar-refractivity contribution in [3.63, 3.8) is 0 Å². The first-order valence-corrected chi connectivity index (χ1v) is 7.27. The Morgan fingerprint density at radius 1 is 1.24 bits per heavy atom. The third-order valence-electron chi connectivity index (χ3n) is 4.24. The molecule has 1 aliphatic carbocycles. The van der Waals surface area contributed by atoms with Crippen molar-refractivity contribution in [2.75, 3.05) is 13.1 Å². The lowest BCUT2D eigenvalue weighted by Crippen LogP contribution is -2.47. The van der Waals surface area contributed by atoms with Crippen molar-refractivity contribution in [3.8, 4) is 0 Å². The molecule has 0 bridgehead atoms. The van der Waals surface area contributed by atoms with Gasteiger partial charge in [0.15, 0.2) is 0 Å². The van der Waals surface area contributed by atoms with Crippen LogP contribution in [0.15, 0.2) is 0 Å². The molecule has 1 heterocycles. The molecule has 1 amide bonds. The second kappa shape index (κ2) is 6.39. The second-order valence-electron chi connectivity index (χ2n) is 5.89. The van der Waals surface area contributed by atoms with Crippen LogP contribution in [0.1, 0.15) is 51.9 Å². The lowest BCUT2D eigenvalue weighted by atomic mass is 9.82. The van der Waals surface area contributed by atoms with Crippen molar-refractivity contribution in [1.29, 1.82) is 0 Å². The fourth-order valence-corrected chi connectivity index (χ4v) is 3.19. The molecule has 2 aliphatic rings. The molecule has 2 rings (SSSR count). The highest BCUT2D eigenvalue weighted by molar-refractivity contribution is 5.81. The standard InChI is InChI=1S/C14H26N2O/c1-11-5-4-6-12(9-11)10-16-14(17)13-7-2-3-8-15-13/h11-13,15H,2-10H2,1H3,(H,16,17)/t11?,12?,13-/m1/s1. The van der Waals surface area contributed by atoms with Gasteiger partial charge >= 0.3 is 0 Å². The molecular formula is C14H26N2O. The van der Waals surface area contributed by atoms with Crippen LogP contribution in [0.5, 0.6) is 0 Å². The molecule has 3 heteroatoms. The number of hydrogen-bond donors (Lipinski definition) is 2. The molecule has 3 atom stereocenters. The summed E-state index contributed by atoms with van der Waals surface area (Å²) in [5.41, 5.74) is 0. The largest absolute Gasteiger partial charge is 0.354 e. The molecule has 0 spiro atoms. The van der Waals surface area contributed by atoms with Crippen molar-refractivity contribution in [2.24, 2.45) is 11.8 Å². The number of carbonyl (C=O) groups is 1. The minimum Gasteiger partial charge on any atom is -0.354 e. The molecule has 1 saturated carbocycles. The van der Waals surface area contributed by atoms with Crippen LogP contribution in [0.25, 0.3) is 0 Å². The maximum absolute atomic E-state index is 11.9. The first-order chi connectivity index (χ1) is 8.25.